The van der Waals surface area contributed by atoms with Crippen LogP contribution in [0.5, 0.6) is 0 Å². The summed E-state index contributed by atoms with van der Waals surface area (Å²) < 4.78 is 17.7. The molecule has 0 fully saturated rings. The van der Waals surface area contributed by atoms with E-state index in [1.54, 1.807) is 29.5 Å². The van der Waals surface area contributed by atoms with E-state index in [-0.39, 0.29) is 18.3 Å². The van der Waals surface area contributed by atoms with Crippen molar-refractivity contribution >= 4 is 43.4 Å². The normalized spacial score (nSPS) is 10.9. The Morgan fingerprint density at radius 2 is 2.12 bits per heavy atom. The zero-order chi connectivity index (χ0) is 18.0. The van der Waals surface area contributed by atoms with E-state index in [2.05, 4.69) is 27.3 Å². The molecule has 0 saturated heterocycles. The average molecular weight is 421 g/mol. The van der Waals surface area contributed by atoms with Gasteiger partial charge in [0.15, 0.2) is 0 Å². The van der Waals surface area contributed by atoms with E-state index in [9.17, 15) is 9.18 Å². The van der Waals surface area contributed by atoms with Crippen LogP contribution in [-0.2, 0) is 13.1 Å². The first-order valence-corrected chi connectivity index (χ1v) is 9.56. The molecular formula is C19H18BrFN2OS. The maximum Gasteiger partial charge on any atom is 0.268 e. The summed E-state index contributed by atoms with van der Waals surface area (Å²) in [6, 6.07) is 8.35. The molecule has 1 amide bonds. The molecule has 130 valence electrons. The van der Waals surface area contributed by atoms with Gasteiger partial charge in [0, 0.05) is 24.0 Å². The molecule has 0 aliphatic heterocycles. The first-order valence-electron chi connectivity index (χ1n) is 7.88. The van der Waals surface area contributed by atoms with Crippen LogP contribution in [0.15, 0.2) is 51.8 Å². The van der Waals surface area contributed by atoms with Gasteiger partial charge in [-0.3, -0.25) is 4.79 Å². The van der Waals surface area contributed by atoms with Crippen molar-refractivity contribution in [2.45, 2.75) is 26.9 Å². The summed E-state index contributed by atoms with van der Waals surface area (Å²) in [5.41, 5.74) is 3.25. The van der Waals surface area contributed by atoms with Crippen LogP contribution in [0.1, 0.15) is 29.9 Å². The molecule has 0 spiro atoms. The van der Waals surface area contributed by atoms with Crippen LogP contribution in [0.3, 0.4) is 0 Å². The lowest BCUT2D eigenvalue weighted by Crippen LogP contribution is -2.25. The van der Waals surface area contributed by atoms with E-state index < -0.39 is 0 Å². The van der Waals surface area contributed by atoms with Gasteiger partial charge in [0.25, 0.3) is 5.91 Å². The van der Waals surface area contributed by atoms with Crippen molar-refractivity contribution in [3.63, 3.8) is 0 Å². The Balaban J connectivity index is 1.89. The maximum absolute atomic E-state index is 13.7. The van der Waals surface area contributed by atoms with E-state index >= 15 is 0 Å². The van der Waals surface area contributed by atoms with Crippen LogP contribution in [0.4, 0.5) is 4.39 Å². The molecule has 3 nitrogen and oxygen atoms in total. The van der Waals surface area contributed by atoms with E-state index in [4.69, 9.17) is 0 Å². The van der Waals surface area contributed by atoms with Crippen LogP contribution in [0.2, 0.25) is 0 Å². The fraction of sp³-hybridized carbons (Fsp3) is 0.211. The van der Waals surface area contributed by atoms with Gasteiger partial charge in [0.2, 0.25) is 0 Å². The highest BCUT2D eigenvalue weighted by Crippen LogP contribution is 2.33. The molecule has 0 unspecified atom stereocenters. The lowest BCUT2D eigenvalue weighted by Gasteiger charge is -2.10. The SMILES string of the molecule is CC(C)=CCn1c(C(=O)NCc2ccccc2F)cc2scc(Br)c21. The first kappa shape index (κ1) is 17.9. The highest BCUT2D eigenvalue weighted by molar-refractivity contribution is 9.10. The van der Waals surface area contributed by atoms with Crippen molar-refractivity contribution in [3.05, 3.63) is 68.9 Å². The zero-order valence-corrected chi connectivity index (χ0v) is 16.4. The molecule has 3 rings (SSSR count). The van der Waals surface area contributed by atoms with Crippen molar-refractivity contribution in [3.8, 4) is 0 Å². The van der Waals surface area contributed by atoms with Gasteiger partial charge in [-0.2, -0.15) is 0 Å². The number of fused-ring (bicyclic) bond motifs is 1. The molecule has 3 aromatic rings. The molecule has 6 heteroatoms. The summed E-state index contributed by atoms with van der Waals surface area (Å²) in [5, 5.41) is 4.84. The molecule has 2 aromatic heterocycles. The Hall–Kier alpha value is -1.92. The van der Waals surface area contributed by atoms with Crippen LogP contribution >= 0.6 is 27.3 Å². The molecule has 1 N–H and O–H groups in total. The second kappa shape index (κ2) is 7.54. The number of halogens is 2. The molecule has 0 saturated carbocycles. The summed E-state index contributed by atoms with van der Waals surface area (Å²) in [6.45, 7) is 4.83. The number of carbonyl (C=O) groups excluding carboxylic acids is 1. The Kier molecular flexibility index (Phi) is 5.39. The smallest absolute Gasteiger partial charge is 0.268 e. The Bertz CT molecular complexity index is 954. The van der Waals surface area contributed by atoms with E-state index in [0.717, 1.165) is 14.7 Å². The monoisotopic (exact) mass is 420 g/mol. The molecule has 1 aromatic carbocycles. The number of aromatic nitrogens is 1. The van der Waals surface area contributed by atoms with Gasteiger partial charge in [-0.05, 0) is 41.9 Å². The molecule has 0 bridgehead atoms. The number of hydrogen-bond donors (Lipinski definition) is 1. The zero-order valence-electron chi connectivity index (χ0n) is 14.0. The first-order chi connectivity index (χ1) is 12.0. The topological polar surface area (TPSA) is 34.0 Å². The summed E-state index contributed by atoms with van der Waals surface area (Å²) in [6.07, 6.45) is 2.08. The van der Waals surface area contributed by atoms with Crippen molar-refractivity contribution in [1.29, 1.82) is 0 Å². The van der Waals surface area contributed by atoms with Crippen LogP contribution in [0, 0.1) is 5.82 Å². The quantitative estimate of drug-likeness (QED) is 0.543. The summed E-state index contributed by atoms with van der Waals surface area (Å²) in [4.78, 5) is 12.7. The molecule has 25 heavy (non-hydrogen) atoms. The number of allylic oxidation sites excluding steroid dienone is 2. The van der Waals surface area contributed by atoms with E-state index in [1.165, 1.54) is 11.6 Å². The third kappa shape index (κ3) is 3.85. The molecular weight excluding hydrogens is 403 g/mol. The van der Waals surface area contributed by atoms with Gasteiger partial charge in [-0.1, -0.05) is 29.8 Å². The van der Waals surface area contributed by atoms with Gasteiger partial charge in [0.05, 0.1) is 14.7 Å². The standard InChI is InChI=1S/C19H18BrFN2OS/c1-12(2)7-8-23-16(9-17-18(23)14(20)11-25-17)19(24)22-10-13-5-3-4-6-15(13)21/h3-7,9,11H,8,10H2,1-2H3,(H,22,24). The fourth-order valence-corrected chi connectivity index (χ4v) is 4.28. The predicted octanol–water partition coefficient (Wildman–Crippen LogP) is 5.50. The number of amides is 1. The maximum atomic E-state index is 13.7. The van der Waals surface area contributed by atoms with Gasteiger partial charge in [-0.15, -0.1) is 11.3 Å². The Morgan fingerprint density at radius 3 is 2.84 bits per heavy atom. The number of nitrogens with zero attached hydrogens (tertiary/aromatic N) is 1. The third-order valence-corrected chi connectivity index (χ3v) is 5.72. The summed E-state index contributed by atoms with van der Waals surface area (Å²) in [7, 11) is 0. The van der Waals surface area contributed by atoms with Crippen molar-refractivity contribution in [2.24, 2.45) is 0 Å². The summed E-state index contributed by atoms with van der Waals surface area (Å²) >= 11 is 5.15. The average Bonchev–Trinajstić information content (AvgIpc) is 3.12. The third-order valence-electron chi connectivity index (χ3n) is 3.89. The Morgan fingerprint density at radius 1 is 1.36 bits per heavy atom. The molecule has 0 aliphatic carbocycles. The molecule has 0 radical (unpaired) electrons. The highest BCUT2D eigenvalue weighted by Gasteiger charge is 2.18. The molecule has 2 heterocycles. The number of thiophene rings is 1. The Labute approximate surface area is 158 Å². The minimum atomic E-state index is -0.313. The summed E-state index contributed by atoms with van der Waals surface area (Å²) in [5.74, 6) is -0.521. The van der Waals surface area contributed by atoms with Crippen LogP contribution in [-0.4, -0.2) is 10.5 Å². The second-order valence-electron chi connectivity index (χ2n) is 5.99. The number of hydrogen-bond acceptors (Lipinski definition) is 2. The molecule has 0 atom stereocenters. The number of rotatable bonds is 5. The molecule has 0 aliphatic rings. The highest BCUT2D eigenvalue weighted by atomic mass is 79.9. The van der Waals surface area contributed by atoms with Crippen molar-refractivity contribution in [1.82, 2.24) is 9.88 Å². The van der Waals surface area contributed by atoms with Gasteiger partial charge in [-0.25, -0.2) is 4.39 Å². The van der Waals surface area contributed by atoms with Crippen molar-refractivity contribution < 1.29 is 9.18 Å². The van der Waals surface area contributed by atoms with Crippen molar-refractivity contribution in [2.75, 3.05) is 0 Å². The number of carbonyl (C=O) groups is 1. The lowest BCUT2D eigenvalue weighted by molar-refractivity contribution is 0.0942. The second-order valence-corrected chi connectivity index (χ2v) is 7.76. The van der Waals surface area contributed by atoms with Crippen LogP contribution < -0.4 is 5.32 Å². The minimum Gasteiger partial charge on any atom is -0.347 e. The fourth-order valence-electron chi connectivity index (χ4n) is 2.59. The van der Waals surface area contributed by atoms with Gasteiger partial charge in [0.1, 0.15) is 11.5 Å². The van der Waals surface area contributed by atoms with Crippen LogP contribution in [0.25, 0.3) is 10.2 Å². The number of benzene rings is 1. The largest absolute Gasteiger partial charge is 0.347 e. The number of nitrogens with one attached hydrogen (secondary N) is 1. The minimum absolute atomic E-state index is 0.161. The van der Waals surface area contributed by atoms with Gasteiger partial charge >= 0.3 is 0 Å². The predicted molar refractivity (Wildman–Crippen MR) is 105 cm³/mol. The van der Waals surface area contributed by atoms with Gasteiger partial charge < -0.3 is 9.88 Å². The lowest BCUT2D eigenvalue weighted by atomic mass is 10.2. The van der Waals surface area contributed by atoms with E-state index in [1.807, 2.05) is 29.9 Å². The van der Waals surface area contributed by atoms with E-state index in [0.29, 0.717) is 17.8 Å².